The lowest BCUT2D eigenvalue weighted by atomic mass is 9.90. The van der Waals surface area contributed by atoms with E-state index in [0.717, 1.165) is 13.0 Å². The van der Waals surface area contributed by atoms with Crippen LogP contribution in [0.15, 0.2) is 0 Å². The molecule has 1 heterocycles. The van der Waals surface area contributed by atoms with Crippen molar-refractivity contribution in [3.63, 3.8) is 0 Å². The van der Waals surface area contributed by atoms with Crippen molar-refractivity contribution in [3.8, 4) is 0 Å². The van der Waals surface area contributed by atoms with E-state index in [1.54, 1.807) is 0 Å². The number of hydrogen-bond acceptors (Lipinski definition) is 2. The third kappa shape index (κ3) is 2.96. The minimum atomic E-state index is 0.368. The third-order valence-electron chi connectivity index (χ3n) is 3.43. The van der Waals surface area contributed by atoms with Crippen molar-refractivity contribution in [2.45, 2.75) is 39.7 Å². The molecule has 2 heteroatoms. The van der Waals surface area contributed by atoms with Gasteiger partial charge in [0.15, 0.2) is 0 Å². The number of nitrogens with zero attached hydrogens (tertiary/aromatic N) is 1. The van der Waals surface area contributed by atoms with E-state index in [2.05, 4.69) is 25.7 Å². The van der Waals surface area contributed by atoms with Crippen LogP contribution in [-0.2, 0) is 0 Å². The summed E-state index contributed by atoms with van der Waals surface area (Å²) >= 11 is 0. The van der Waals surface area contributed by atoms with E-state index in [0.29, 0.717) is 24.5 Å². The second-order valence-electron chi connectivity index (χ2n) is 4.63. The van der Waals surface area contributed by atoms with Crippen LogP contribution in [0.2, 0.25) is 0 Å². The summed E-state index contributed by atoms with van der Waals surface area (Å²) in [5.74, 6) is 1.22. The maximum Gasteiger partial charge on any atom is 0.0462 e. The Bertz CT molecular complexity index is 147. The first-order valence-corrected chi connectivity index (χ1v) is 5.50. The van der Waals surface area contributed by atoms with Crippen LogP contribution in [-0.4, -0.2) is 35.7 Å². The molecule has 1 aliphatic heterocycles. The van der Waals surface area contributed by atoms with Crippen LogP contribution in [0.5, 0.6) is 0 Å². The predicted octanol–water partition coefficient (Wildman–Crippen LogP) is 1.74. The molecule has 0 aromatic heterocycles. The normalized spacial score (nSPS) is 32.1. The molecule has 0 aromatic carbocycles. The fourth-order valence-electron chi connectivity index (χ4n) is 2.12. The summed E-state index contributed by atoms with van der Waals surface area (Å²) in [4.78, 5) is 2.52. The number of rotatable bonds is 2. The average Bonchev–Trinajstić information content (AvgIpc) is 2.27. The molecular weight excluding hydrogens is 162 g/mol. The SMILES string of the molecule is CC1CCN(C(C)C)CCC1CO. The molecule has 1 saturated heterocycles. The highest BCUT2D eigenvalue weighted by Gasteiger charge is 2.23. The lowest BCUT2D eigenvalue weighted by Gasteiger charge is -2.24. The minimum Gasteiger partial charge on any atom is -0.396 e. The zero-order valence-electron chi connectivity index (χ0n) is 9.16. The van der Waals surface area contributed by atoms with Gasteiger partial charge in [-0.3, -0.25) is 0 Å². The smallest absolute Gasteiger partial charge is 0.0462 e. The van der Waals surface area contributed by atoms with Gasteiger partial charge in [-0.1, -0.05) is 6.92 Å². The number of aliphatic hydroxyl groups is 1. The second kappa shape index (κ2) is 4.97. The molecule has 1 rings (SSSR count). The molecule has 1 aliphatic rings. The van der Waals surface area contributed by atoms with Crippen LogP contribution < -0.4 is 0 Å². The summed E-state index contributed by atoms with van der Waals surface area (Å²) in [6.07, 6.45) is 2.40. The fraction of sp³-hybridized carbons (Fsp3) is 1.00. The first-order valence-electron chi connectivity index (χ1n) is 5.50. The lowest BCUT2D eigenvalue weighted by Crippen LogP contribution is -2.31. The van der Waals surface area contributed by atoms with Crippen molar-refractivity contribution in [1.29, 1.82) is 0 Å². The lowest BCUT2D eigenvalue weighted by molar-refractivity contribution is 0.175. The molecule has 1 fully saturated rings. The number of likely N-dealkylation sites (tertiary alicyclic amines) is 1. The van der Waals surface area contributed by atoms with E-state index in [-0.39, 0.29) is 0 Å². The van der Waals surface area contributed by atoms with Gasteiger partial charge in [0.1, 0.15) is 0 Å². The van der Waals surface area contributed by atoms with Crippen molar-refractivity contribution in [2.24, 2.45) is 11.8 Å². The van der Waals surface area contributed by atoms with E-state index in [1.807, 2.05) is 0 Å². The monoisotopic (exact) mass is 185 g/mol. The summed E-state index contributed by atoms with van der Waals surface area (Å²) in [6.45, 7) is 9.51. The minimum absolute atomic E-state index is 0.368. The summed E-state index contributed by atoms with van der Waals surface area (Å²) in [7, 11) is 0. The number of hydrogen-bond donors (Lipinski definition) is 1. The van der Waals surface area contributed by atoms with Crippen molar-refractivity contribution in [2.75, 3.05) is 19.7 Å². The topological polar surface area (TPSA) is 23.5 Å². The van der Waals surface area contributed by atoms with Gasteiger partial charge in [-0.25, -0.2) is 0 Å². The van der Waals surface area contributed by atoms with E-state index in [4.69, 9.17) is 0 Å². The molecule has 2 nitrogen and oxygen atoms in total. The quantitative estimate of drug-likeness (QED) is 0.708. The standard InChI is InChI=1S/C11H23NO/c1-9(2)12-6-4-10(3)11(8-13)5-7-12/h9-11,13H,4-8H2,1-3H3. The van der Waals surface area contributed by atoms with Gasteiger partial charge >= 0.3 is 0 Å². The molecule has 0 amide bonds. The van der Waals surface area contributed by atoms with Gasteiger partial charge in [0.2, 0.25) is 0 Å². The summed E-state index contributed by atoms with van der Waals surface area (Å²) in [5, 5.41) is 9.19. The molecule has 0 aromatic rings. The molecule has 0 bridgehead atoms. The highest BCUT2D eigenvalue weighted by atomic mass is 16.3. The Morgan fingerprint density at radius 2 is 1.92 bits per heavy atom. The first kappa shape index (κ1) is 11.0. The van der Waals surface area contributed by atoms with Gasteiger partial charge in [0.05, 0.1) is 0 Å². The molecule has 78 valence electrons. The molecule has 0 radical (unpaired) electrons. The van der Waals surface area contributed by atoms with Crippen molar-refractivity contribution in [1.82, 2.24) is 4.90 Å². The molecule has 1 N–H and O–H groups in total. The summed E-state index contributed by atoms with van der Waals surface area (Å²) in [6, 6.07) is 0.657. The molecule has 2 unspecified atom stereocenters. The second-order valence-corrected chi connectivity index (χ2v) is 4.63. The Labute approximate surface area is 81.9 Å². The Balaban J connectivity index is 2.46. The van der Waals surface area contributed by atoms with Gasteiger partial charge in [0.25, 0.3) is 0 Å². The highest BCUT2D eigenvalue weighted by molar-refractivity contribution is 4.75. The molecule has 0 aliphatic carbocycles. The van der Waals surface area contributed by atoms with Crippen LogP contribution in [0.25, 0.3) is 0 Å². The summed E-state index contributed by atoms with van der Waals surface area (Å²) < 4.78 is 0. The molecular formula is C11H23NO. The zero-order chi connectivity index (χ0) is 9.84. The molecule has 0 saturated carbocycles. The van der Waals surface area contributed by atoms with Crippen molar-refractivity contribution >= 4 is 0 Å². The maximum absolute atomic E-state index is 9.19. The van der Waals surface area contributed by atoms with Crippen molar-refractivity contribution in [3.05, 3.63) is 0 Å². The van der Waals surface area contributed by atoms with Crippen LogP contribution in [0.3, 0.4) is 0 Å². The van der Waals surface area contributed by atoms with E-state index in [9.17, 15) is 5.11 Å². The molecule has 13 heavy (non-hydrogen) atoms. The average molecular weight is 185 g/mol. The summed E-state index contributed by atoms with van der Waals surface area (Å²) in [5.41, 5.74) is 0. The van der Waals surface area contributed by atoms with E-state index < -0.39 is 0 Å². The van der Waals surface area contributed by atoms with Gasteiger partial charge < -0.3 is 10.0 Å². The Morgan fingerprint density at radius 1 is 1.31 bits per heavy atom. The number of aliphatic hydroxyl groups excluding tert-OH is 1. The van der Waals surface area contributed by atoms with E-state index >= 15 is 0 Å². The largest absolute Gasteiger partial charge is 0.396 e. The Kier molecular flexibility index (Phi) is 4.20. The van der Waals surface area contributed by atoms with Crippen LogP contribution in [0, 0.1) is 11.8 Å². The zero-order valence-corrected chi connectivity index (χ0v) is 9.16. The van der Waals surface area contributed by atoms with Crippen LogP contribution >= 0.6 is 0 Å². The van der Waals surface area contributed by atoms with E-state index in [1.165, 1.54) is 13.0 Å². The Morgan fingerprint density at radius 3 is 2.46 bits per heavy atom. The van der Waals surface area contributed by atoms with Crippen molar-refractivity contribution < 1.29 is 5.11 Å². The third-order valence-corrected chi connectivity index (χ3v) is 3.43. The van der Waals surface area contributed by atoms with Gasteiger partial charge in [-0.2, -0.15) is 0 Å². The van der Waals surface area contributed by atoms with Crippen LogP contribution in [0.4, 0.5) is 0 Å². The fourth-order valence-corrected chi connectivity index (χ4v) is 2.12. The van der Waals surface area contributed by atoms with Crippen LogP contribution in [0.1, 0.15) is 33.6 Å². The Hall–Kier alpha value is -0.0800. The molecule has 0 spiro atoms. The first-order chi connectivity index (χ1) is 6.15. The highest BCUT2D eigenvalue weighted by Crippen LogP contribution is 2.23. The van der Waals surface area contributed by atoms with Gasteiger partial charge in [-0.05, 0) is 51.6 Å². The van der Waals surface area contributed by atoms with Gasteiger partial charge in [0, 0.05) is 12.6 Å². The predicted molar refractivity (Wildman–Crippen MR) is 55.7 cm³/mol. The molecule has 2 atom stereocenters. The van der Waals surface area contributed by atoms with Gasteiger partial charge in [-0.15, -0.1) is 0 Å². The maximum atomic E-state index is 9.19.